The van der Waals surface area contributed by atoms with E-state index in [0.717, 1.165) is 76.3 Å². The fourth-order valence-corrected chi connectivity index (χ4v) is 12.9. The summed E-state index contributed by atoms with van der Waals surface area (Å²) in [7, 11) is -4.68. The molecule has 3 aromatic carbocycles. The second kappa shape index (κ2) is 18.0. The molecule has 3 aliphatic heterocycles. The molecule has 3 N–H and O–H groups in total. The van der Waals surface area contributed by atoms with E-state index in [1.54, 1.807) is 12.1 Å². The van der Waals surface area contributed by atoms with E-state index in [1.807, 2.05) is 0 Å². The number of benzene rings is 3. The van der Waals surface area contributed by atoms with Gasteiger partial charge in [-0.1, -0.05) is 52.0 Å². The van der Waals surface area contributed by atoms with Crippen molar-refractivity contribution >= 4 is 44.0 Å². The number of carbonyl (C=O) groups excluding carboxylic acids is 1. The molecule has 2 saturated heterocycles. The molecule has 2 atom stereocenters. The first-order chi connectivity index (χ1) is 32.5. The summed E-state index contributed by atoms with van der Waals surface area (Å²) in [5.74, 6) is -0.412. The minimum atomic E-state index is -4.68. The smallest absolute Gasteiger partial charge is 0.297 e. The Morgan fingerprint density at radius 1 is 1.03 bits per heavy atom. The minimum absolute atomic E-state index is 0.0229. The number of H-pyrrole nitrogens is 1. The van der Waals surface area contributed by atoms with Gasteiger partial charge in [-0.2, -0.15) is 0 Å². The van der Waals surface area contributed by atoms with Crippen molar-refractivity contribution in [3.63, 3.8) is 0 Å². The second-order valence-corrected chi connectivity index (χ2v) is 22.9. The lowest BCUT2D eigenvalue weighted by molar-refractivity contribution is -0.384. The van der Waals surface area contributed by atoms with Crippen LogP contribution in [0.5, 0.6) is 17.2 Å². The molecule has 5 aliphatic rings. The van der Waals surface area contributed by atoms with Crippen molar-refractivity contribution in [3.8, 4) is 17.2 Å². The molecule has 10 rings (SSSR count). The molecule has 5 aromatic rings. The number of likely N-dealkylation sites (tertiary alicyclic amines) is 1. The summed E-state index contributed by atoms with van der Waals surface area (Å²) in [5.41, 5.74) is 4.15. The van der Waals surface area contributed by atoms with E-state index in [9.17, 15) is 27.7 Å². The molecular formula is C52H62FN7O7S. The van der Waals surface area contributed by atoms with Crippen LogP contribution in [0.25, 0.3) is 11.0 Å². The molecule has 0 radical (unpaired) electrons. The van der Waals surface area contributed by atoms with Gasteiger partial charge in [0.25, 0.3) is 21.6 Å². The van der Waals surface area contributed by atoms with Gasteiger partial charge in [0.05, 0.1) is 33.0 Å². The van der Waals surface area contributed by atoms with Gasteiger partial charge >= 0.3 is 0 Å². The summed E-state index contributed by atoms with van der Waals surface area (Å²) in [6.45, 7) is 12.0. The van der Waals surface area contributed by atoms with Gasteiger partial charge < -0.3 is 24.7 Å². The fraction of sp³-hybridized carbons (Fsp3) is 0.500. The van der Waals surface area contributed by atoms with Gasteiger partial charge in [-0.05, 0) is 129 Å². The van der Waals surface area contributed by atoms with Crippen molar-refractivity contribution in [3.05, 3.63) is 106 Å². The van der Waals surface area contributed by atoms with Crippen LogP contribution in [0, 0.1) is 32.7 Å². The summed E-state index contributed by atoms with van der Waals surface area (Å²) in [5, 5.41) is 15.9. The van der Waals surface area contributed by atoms with E-state index in [2.05, 4.69) is 81.8 Å². The first-order valence-corrected chi connectivity index (χ1v) is 25.8. The molecule has 1 amide bonds. The number of rotatable bonds is 12. The van der Waals surface area contributed by atoms with Crippen LogP contribution in [0.4, 0.5) is 21.5 Å². The maximum atomic E-state index is 14.7. The van der Waals surface area contributed by atoms with Crippen molar-refractivity contribution in [1.29, 1.82) is 0 Å². The number of nitro benzene ring substituents is 1. The Hall–Kier alpha value is -5.74. The van der Waals surface area contributed by atoms with Crippen LogP contribution in [0.3, 0.4) is 0 Å². The van der Waals surface area contributed by atoms with Crippen LogP contribution >= 0.6 is 0 Å². The topological polar surface area (TPSA) is 172 Å². The zero-order valence-electron chi connectivity index (χ0n) is 39.4. The number of fused-ring (bicyclic) bond motifs is 2. The monoisotopic (exact) mass is 947 g/mol. The quantitative estimate of drug-likeness (QED) is 0.0803. The second-order valence-electron chi connectivity index (χ2n) is 21.2. The first kappa shape index (κ1) is 46.0. The Kier molecular flexibility index (Phi) is 12.2. The number of halogens is 1. The number of nitro groups is 1. The predicted octanol–water partition coefficient (Wildman–Crippen LogP) is 11.0. The van der Waals surface area contributed by atoms with Crippen LogP contribution < -0.4 is 24.4 Å². The highest BCUT2D eigenvalue weighted by atomic mass is 32.2. The highest BCUT2D eigenvalue weighted by Gasteiger charge is 2.50. The number of carbonyl (C=O) groups is 1. The Balaban J connectivity index is 0.853. The molecule has 360 valence electrons. The van der Waals surface area contributed by atoms with E-state index in [4.69, 9.17) is 9.47 Å². The van der Waals surface area contributed by atoms with Crippen molar-refractivity contribution in [2.45, 2.75) is 127 Å². The summed E-state index contributed by atoms with van der Waals surface area (Å²) in [4.78, 5) is 37.5. The summed E-state index contributed by atoms with van der Waals surface area (Å²) in [6, 6.07) is 18.4. The van der Waals surface area contributed by atoms with E-state index in [1.165, 1.54) is 67.4 Å². The number of nitrogens with zero attached hydrogens (tertiary/aromatic N) is 4. The summed E-state index contributed by atoms with van der Waals surface area (Å²) >= 11 is 0. The number of nitrogens with one attached hydrogen (secondary N) is 3. The third-order valence-electron chi connectivity index (χ3n) is 15.8. The number of piperidine rings is 1. The average molecular weight is 948 g/mol. The Morgan fingerprint density at radius 3 is 2.54 bits per heavy atom. The number of amides is 1. The third-order valence-corrected chi connectivity index (χ3v) is 17.1. The highest BCUT2D eigenvalue weighted by Crippen LogP contribution is 2.54. The number of anilines is 2. The zero-order valence-corrected chi connectivity index (χ0v) is 40.2. The number of ether oxygens (including phenoxy) is 2. The minimum Gasteiger partial charge on any atom is -0.489 e. The lowest BCUT2D eigenvalue weighted by Gasteiger charge is -2.56. The van der Waals surface area contributed by atoms with E-state index in [-0.39, 0.29) is 51.9 Å². The highest BCUT2D eigenvalue weighted by molar-refractivity contribution is 7.90. The first-order valence-electron chi connectivity index (χ1n) is 24.4. The van der Waals surface area contributed by atoms with Gasteiger partial charge in [0.15, 0.2) is 11.4 Å². The van der Waals surface area contributed by atoms with E-state index < -0.39 is 37.3 Å². The lowest BCUT2D eigenvalue weighted by Crippen LogP contribution is -2.54. The molecule has 0 unspecified atom stereocenters. The van der Waals surface area contributed by atoms with Gasteiger partial charge in [0.1, 0.15) is 29.6 Å². The van der Waals surface area contributed by atoms with Crippen molar-refractivity contribution in [2.75, 3.05) is 36.5 Å². The maximum Gasteiger partial charge on any atom is 0.297 e. The zero-order chi connectivity index (χ0) is 47.5. The SMILES string of the molecule is CC(C)c1ccccc1[C@@H]1CCCN1C1CC2(CCN(c3ccc(C(=O)NS(=O)(=O)c4cc5c(c([N+](=O)[O-])c4)N[C@@H](CC4CCC(C)(C)CC4)CO5)c(Oc4cnc5[nH]cc(F)c5c4)c3)CC2)C1. The van der Waals surface area contributed by atoms with Gasteiger partial charge in [0.2, 0.25) is 0 Å². The molecular weight excluding hydrogens is 886 g/mol. The Labute approximate surface area is 397 Å². The molecule has 2 aromatic heterocycles. The number of pyridine rings is 1. The molecule has 2 aliphatic carbocycles. The lowest BCUT2D eigenvalue weighted by atomic mass is 9.59. The molecule has 0 bridgehead atoms. The van der Waals surface area contributed by atoms with Gasteiger partial charge in [-0.25, -0.2) is 22.5 Å². The molecule has 1 spiro atoms. The van der Waals surface area contributed by atoms with Crippen LogP contribution in [-0.4, -0.2) is 72.4 Å². The fourth-order valence-electron chi connectivity index (χ4n) is 11.9. The summed E-state index contributed by atoms with van der Waals surface area (Å²) < 4.78 is 57.1. The number of sulfonamides is 1. The largest absolute Gasteiger partial charge is 0.489 e. The number of hydrogen-bond donors (Lipinski definition) is 3. The molecule has 14 nitrogen and oxygen atoms in total. The Morgan fingerprint density at radius 2 is 1.79 bits per heavy atom. The van der Waals surface area contributed by atoms with Crippen LogP contribution in [0.15, 0.2) is 78.0 Å². The molecule has 68 heavy (non-hydrogen) atoms. The van der Waals surface area contributed by atoms with Crippen molar-refractivity contribution in [2.24, 2.45) is 16.7 Å². The average Bonchev–Trinajstić information content (AvgIpc) is 3.94. The number of aromatic nitrogens is 2. The number of aromatic amines is 1. The van der Waals surface area contributed by atoms with E-state index in [0.29, 0.717) is 35.0 Å². The van der Waals surface area contributed by atoms with Crippen LogP contribution in [0.2, 0.25) is 0 Å². The normalized spacial score (nSPS) is 21.8. The van der Waals surface area contributed by atoms with Gasteiger partial charge in [-0.3, -0.25) is 19.8 Å². The van der Waals surface area contributed by atoms with Crippen LogP contribution in [-0.2, 0) is 10.0 Å². The molecule has 16 heteroatoms. The Bertz CT molecular complexity index is 2840. The standard InChI is InChI=1S/C52H62FN7O7S/c1-32(2)39-8-5-6-9-40(39)44-10-7-19-59(44)36-27-52(28-36)17-20-58(21-18-52)35-11-12-41(46(23-35)67-37-24-42-43(53)30-55-49(42)54-29-37)50(61)57-68(64,65)38-25-45(60(62)63)48-47(26-38)66-31-34(56-48)22-33-13-15-51(3,4)16-14-33/h5-6,8-9,11-12,23-26,29-30,32-34,36,44,56H,7,10,13-22,27-28,31H2,1-4H3,(H,54,55)(H,57,61)/t34-,44-/m0/s1. The molecule has 2 saturated carbocycles. The van der Waals surface area contributed by atoms with Gasteiger partial charge in [0, 0.05) is 55.3 Å². The van der Waals surface area contributed by atoms with Crippen molar-refractivity contribution < 1.29 is 32.0 Å². The summed E-state index contributed by atoms with van der Waals surface area (Å²) in [6.07, 6.45) is 14.5. The molecule has 5 heterocycles. The van der Waals surface area contributed by atoms with E-state index >= 15 is 0 Å². The third kappa shape index (κ3) is 9.13. The maximum absolute atomic E-state index is 14.7. The number of hydrogen-bond acceptors (Lipinski definition) is 11. The van der Waals surface area contributed by atoms with Gasteiger partial charge in [-0.15, -0.1) is 0 Å². The predicted molar refractivity (Wildman–Crippen MR) is 260 cm³/mol. The van der Waals surface area contributed by atoms with Crippen molar-refractivity contribution in [1.82, 2.24) is 19.6 Å². The van der Waals surface area contributed by atoms with Crippen LogP contribution in [0.1, 0.15) is 132 Å². The molecule has 4 fully saturated rings.